The fourth-order valence-electron chi connectivity index (χ4n) is 2.65. The Labute approximate surface area is 166 Å². The van der Waals surface area contributed by atoms with Crippen LogP contribution < -0.4 is 5.32 Å². The molecule has 1 heterocycles. The minimum absolute atomic E-state index is 0.0355. The summed E-state index contributed by atoms with van der Waals surface area (Å²) in [5, 5.41) is 3.94. The lowest BCUT2D eigenvalue weighted by Crippen LogP contribution is -2.56. The van der Waals surface area contributed by atoms with Crippen molar-refractivity contribution in [1.82, 2.24) is 20.0 Å². The summed E-state index contributed by atoms with van der Waals surface area (Å²) in [4.78, 5) is 34.1. The summed E-state index contributed by atoms with van der Waals surface area (Å²) < 4.78 is 0. The Bertz CT molecular complexity index is 688. The topological polar surface area (TPSA) is 68.2 Å². The van der Waals surface area contributed by atoms with Crippen molar-refractivity contribution in [2.45, 2.75) is 26.4 Å². The zero-order chi connectivity index (χ0) is 20.0. The van der Waals surface area contributed by atoms with E-state index >= 15 is 0 Å². The first-order valence-electron chi connectivity index (χ1n) is 9.04. The zero-order valence-corrected chi connectivity index (χ0v) is 17.2. The molecule has 1 fully saturated rings. The van der Waals surface area contributed by atoms with Crippen molar-refractivity contribution in [2.24, 2.45) is 4.99 Å². The van der Waals surface area contributed by atoms with E-state index in [4.69, 9.17) is 11.6 Å². The van der Waals surface area contributed by atoms with Crippen molar-refractivity contribution >= 4 is 29.4 Å². The van der Waals surface area contributed by atoms with Gasteiger partial charge in [-0.2, -0.15) is 0 Å². The Morgan fingerprint density at radius 3 is 2.48 bits per heavy atom. The van der Waals surface area contributed by atoms with Crippen LogP contribution >= 0.6 is 11.6 Å². The van der Waals surface area contributed by atoms with Crippen LogP contribution in [0.25, 0.3) is 0 Å². The van der Waals surface area contributed by atoms with E-state index in [1.807, 2.05) is 47.9 Å². The number of halogens is 1. The van der Waals surface area contributed by atoms with Crippen LogP contribution in [0.4, 0.5) is 0 Å². The first-order chi connectivity index (χ1) is 12.8. The number of hydrogen-bond acceptors (Lipinski definition) is 3. The van der Waals surface area contributed by atoms with Gasteiger partial charge in [0.25, 0.3) is 0 Å². The van der Waals surface area contributed by atoms with Gasteiger partial charge in [0.1, 0.15) is 6.54 Å². The van der Waals surface area contributed by atoms with E-state index in [0.717, 1.165) is 5.56 Å². The first-order valence-corrected chi connectivity index (χ1v) is 9.42. The van der Waals surface area contributed by atoms with E-state index in [9.17, 15) is 9.59 Å². The average molecular weight is 394 g/mol. The lowest BCUT2D eigenvalue weighted by molar-refractivity contribution is -0.135. The smallest absolute Gasteiger partial charge is 0.243 e. The van der Waals surface area contributed by atoms with Crippen molar-refractivity contribution in [3.63, 3.8) is 0 Å². The number of aliphatic imine (C=N–C) groups is 1. The molecule has 1 aliphatic rings. The highest BCUT2D eigenvalue weighted by Crippen LogP contribution is 2.13. The third-order valence-corrected chi connectivity index (χ3v) is 4.44. The van der Waals surface area contributed by atoms with Gasteiger partial charge in [-0.15, -0.1) is 0 Å². The highest BCUT2D eigenvalue weighted by atomic mass is 35.5. The number of guanidine groups is 1. The molecule has 7 nitrogen and oxygen atoms in total. The lowest BCUT2D eigenvalue weighted by Gasteiger charge is -2.36. The van der Waals surface area contributed by atoms with Crippen LogP contribution in [0.15, 0.2) is 29.3 Å². The molecule has 1 aromatic carbocycles. The molecule has 148 valence electrons. The number of carbonyl (C=O) groups excluding carboxylic acids is 2. The molecule has 1 N–H and O–H groups in total. The van der Waals surface area contributed by atoms with Crippen molar-refractivity contribution in [3.05, 3.63) is 34.9 Å². The Morgan fingerprint density at radius 2 is 1.93 bits per heavy atom. The van der Waals surface area contributed by atoms with Crippen LogP contribution in [0.3, 0.4) is 0 Å². The molecule has 0 aromatic heterocycles. The molecule has 1 aliphatic heterocycles. The maximum atomic E-state index is 12.6. The number of benzene rings is 1. The van der Waals surface area contributed by atoms with Gasteiger partial charge in [-0.3, -0.25) is 9.59 Å². The predicted molar refractivity (Wildman–Crippen MR) is 108 cm³/mol. The van der Waals surface area contributed by atoms with Gasteiger partial charge in [0.2, 0.25) is 11.8 Å². The van der Waals surface area contributed by atoms with Crippen molar-refractivity contribution in [3.8, 4) is 0 Å². The molecule has 0 saturated carbocycles. The number of hydrogen-bond donors (Lipinski definition) is 1. The number of rotatable bonds is 5. The van der Waals surface area contributed by atoms with E-state index in [1.165, 1.54) is 4.90 Å². The first kappa shape index (κ1) is 21.0. The highest BCUT2D eigenvalue weighted by Gasteiger charge is 2.26. The van der Waals surface area contributed by atoms with Gasteiger partial charge in [0, 0.05) is 44.8 Å². The minimum Gasteiger partial charge on any atom is -0.354 e. The third kappa shape index (κ3) is 6.43. The molecule has 0 spiro atoms. The van der Waals surface area contributed by atoms with Crippen molar-refractivity contribution in [1.29, 1.82) is 0 Å². The molecule has 1 aromatic rings. The van der Waals surface area contributed by atoms with Gasteiger partial charge in [0.15, 0.2) is 5.96 Å². The van der Waals surface area contributed by atoms with Crippen LogP contribution in [0.5, 0.6) is 0 Å². The number of piperazine rings is 1. The molecule has 0 aliphatic carbocycles. The van der Waals surface area contributed by atoms with Gasteiger partial charge < -0.3 is 20.0 Å². The molecular weight excluding hydrogens is 366 g/mol. The summed E-state index contributed by atoms with van der Waals surface area (Å²) in [6.45, 7) is 6.12. The van der Waals surface area contributed by atoms with Gasteiger partial charge in [-0.05, 0) is 31.5 Å². The van der Waals surface area contributed by atoms with Gasteiger partial charge in [0.05, 0.1) is 6.54 Å². The SMILES string of the molecule is CC(C)NC(=NCC(=O)N(C)C)N1CCN(Cc2ccc(Cl)cc2)C(=O)C1. The predicted octanol–water partition coefficient (Wildman–Crippen LogP) is 1.43. The molecule has 0 unspecified atom stereocenters. The number of carbonyl (C=O) groups is 2. The van der Waals surface area contributed by atoms with E-state index in [-0.39, 0.29) is 30.9 Å². The van der Waals surface area contributed by atoms with Gasteiger partial charge in [-0.25, -0.2) is 4.99 Å². The second-order valence-corrected chi connectivity index (χ2v) is 7.53. The van der Waals surface area contributed by atoms with Gasteiger partial charge >= 0.3 is 0 Å². The highest BCUT2D eigenvalue weighted by molar-refractivity contribution is 6.30. The molecule has 2 amide bonds. The Balaban J connectivity index is 2.01. The minimum atomic E-state index is -0.0780. The van der Waals surface area contributed by atoms with Crippen LogP contribution in [-0.2, 0) is 16.1 Å². The molecule has 1 saturated heterocycles. The molecule has 2 rings (SSSR count). The monoisotopic (exact) mass is 393 g/mol. The van der Waals surface area contributed by atoms with Gasteiger partial charge in [-0.1, -0.05) is 23.7 Å². The molecule has 0 bridgehead atoms. The molecule has 8 heteroatoms. The summed E-state index contributed by atoms with van der Waals surface area (Å²) in [6, 6.07) is 7.68. The zero-order valence-electron chi connectivity index (χ0n) is 16.4. The van der Waals surface area contributed by atoms with E-state index < -0.39 is 0 Å². The van der Waals surface area contributed by atoms with E-state index in [0.29, 0.717) is 30.6 Å². The summed E-state index contributed by atoms with van der Waals surface area (Å²) in [5.74, 6) is 0.554. The molecular formula is C19H28ClN5O2. The fraction of sp³-hybridized carbons (Fsp3) is 0.526. The maximum Gasteiger partial charge on any atom is 0.243 e. The average Bonchev–Trinajstić information content (AvgIpc) is 2.61. The normalized spacial score (nSPS) is 15.3. The second-order valence-electron chi connectivity index (χ2n) is 7.09. The van der Waals surface area contributed by atoms with Crippen LogP contribution in [0, 0.1) is 0 Å². The van der Waals surface area contributed by atoms with E-state index in [2.05, 4.69) is 10.3 Å². The van der Waals surface area contributed by atoms with Crippen LogP contribution in [0.2, 0.25) is 5.02 Å². The summed E-state index contributed by atoms with van der Waals surface area (Å²) >= 11 is 5.92. The molecule has 0 atom stereocenters. The van der Waals surface area contributed by atoms with Crippen molar-refractivity contribution < 1.29 is 9.59 Å². The fourth-order valence-corrected chi connectivity index (χ4v) is 2.77. The summed E-state index contributed by atoms with van der Waals surface area (Å²) in [6.07, 6.45) is 0. The summed E-state index contributed by atoms with van der Waals surface area (Å²) in [5.41, 5.74) is 1.05. The Morgan fingerprint density at radius 1 is 1.26 bits per heavy atom. The number of nitrogens with one attached hydrogen (secondary N) is 1. The number of amides is 2. The van der Waals surface area contributed by atoms with E-state index in [1.54, 1.807) is 14.1 Å². The largest absolute Gasteiger partial charge is 0.354 e. The van der Waals surface area contributed by atoms with Crippen LogP contribution in [-0.4, -0.2) is 78.8 Å². The molecule has 0 radical (unpaired) electrons. The number of nitrogens with zero attached hydrogens (tertiary/aromatic N) is 4. The lowest BCUT2D eigenvalue weighted by atomic mass is 10.2. The number of likely N-dealkylation sites (N-methyl/N-ethyl adjacent to an activating group) is 1. The quantitative estimate of drug-likeness (QED) is 0.607. The Hall–Kier alpha value is -2.28. The molecule has 27 heavy (non-hydrogen) atoms. The standard InChI is InChI=1S/C19H28ClN5O2/c1-14(2)22-19(21-11-17(26)23(3)4)25-10-9-24(18(27)13-25)12-15-5-7-16(20)8-6-15/h5-8,14H,9-13H2,1-4H3,(H,21,22). The summed E-state index contributed by atoms with van der Waals surface area (Å²) in [7, 11) is 3.40. The van der Waals surface area contributed by atoms with Crippen LogP contribution in [0.1, 0.15) is 19.4 Å². The third-order valence-electron chi connectivity index (χ3n) is 4.19. The van der Waals surface area contributed by atoms with Crippen molar-refractivity contribution in [2.75, 3.05) is 40.3 Å². The second kappa shape index (κ2) is 9.60. The Kier molecular flexibility index (Phi) is 7.47. The maximum absolute atomic E-state index is 12.6.